The molecule has 0 saturated carbocycles. The lowest BCUT2D eigenvalue weighted by Crippen LogP contribution is -2.21. The van der Waals surface area contributed by atoms with Gasteiger partial charge in [0.05, 0.1) is 5.56 Å². The van der Waals surface area contributed by atoms with Gasteiger partial charge in [-0.2, -0.15) is 0 Å². The number of carbonyl (C=O) groups excluding carboxylic acids is 2. The predicted molar refractivity (Wildman–Crippen MR) is 112 cm³/mol. The summed E-state index contributed by atoms with van der Waals surface area (Å²) < 4.78 is 0. The molecule has 144 valence electrons. The second-order valence-electron chi connectivity index (χ2n) is 6.53. The maximum atomic E-state index is 12.4. The van der Waals surface area contributed by atoms with Crippen LogP contribution >= 0.6 is 0 Å². The molecule has 2 aromatic rings. The van der Waals surface area contributed by atoms with Gasteiger partial charge in [-0.25, -0.2) is 4.79 Å². The molecule has 0 aliphatic heterocycles. The number of urea groups is 1. The number of benzene rings is 2. The summed E-state index contributed by atoms with van der Waals surface area (Å²) >= 11 is 0. The lowest BCUT2D eigenvalue weighted by molar-refractivity contribution is 0.100. The number of amides is 3. The molecule has 0 aromatic heterocycles. The second kappa shape index (κ2) is 9.62. The summed E-state index contributed by atoms with van der Waals surface area (Å²) in [7, 11) is 0. The van der Waals surface area contributed by atoms with Crippen LogP contribution in [0.3, 0.4) is 0 Å². The average Bonchev–Trinajstić information content (AvgIpc) is 2.66. The van der Waals surface area contributed by atoms with Gasteiger partial charge in [-0.1, -0.05) is 39.0 Å². The third-order valence-electron chi connectivity index (χ3n) is 4.46. The van der Waals surface area contributed by atoms with E-state index in [1.807, 2.05) is 31.2 Å². The Labute approximate surface area is 160 Å². The van der Waals surface area contributed by atoms with Crippen LogP contribution in [0, 0.1) is 0 Å². The number of primary amides is 1. The maximum Gasteiger partial charge on any atom is 0.323 e. The molecule has 0 bridgehead atoms. The minimum atomic E-state index is -0.542. The Morgan fingerprint density at radius 3 is 2.44 bits per heavy atom. The molecule has 0 heterocycles. The normalized spacial score (nSPS) is 11.5. The summed E-state index contributed by atoms with van der Waals surface area (Å²) in [6.45, 7) is 7.01. The van der Waals surface area contributed by atoms with E-state index >= 15 is 0 Å². The fourth-order valence-corrected chi connectivity index (χ4v) is 2.78. The maximum absolute atomic E-state index is 12.4. The first kappa shape index (κ1) is 20.3. The number of nitrogens with one attached hydrogen (secondary N) is 3. The fraction of sp³-hybridized carbons (Fsp3) is 0.333. The molecule has 0 saturated heterocycles. The van der Waals surface area contributed by atoms with Crippen molar-refractivity contribution in [1.82, 2.24) is 0 Å². The molecule has 1 unspecified atom stereocenters. The second-order valence-corrected chi connectivity index (χ2v) is 6.53. The molecular formula is C21H28N4O2. The smallest absolute Gasteiger partial charge is 0.323 e. The lowest BCUT2D eigenvalue weighted by atomic mass is 9.97. The Hall–Kier alpha value is -3.02. The predicted octanol–water partition coefficient (Wildman–Crippen LogP) is 4.76. The van der Waals surface area contributed by atoms with Crippen molar-refractivity contribution in [2.24, 2.45) is 5.73 Å². The van der Waals surface area contributed by atoms with Gasteiger partial charge < -0.3 is 21.7 Å². The van der Waals surface area contributed by atoms with Crippen molar-refractivity contribution in [3.05, 3.63) is 53.6 Å². The number of hydrogen-bond donors (Lipinski definition) is 4. The molecule has 6 heteroatoms. The van der Waals surface area contributed by atoms with Gasteiger partial charge in [-0.3, -0.25) is 4.79 Å². The van der Waals surface area contributed by atoms with E-state index in [4.69, 9.17) is 5.73 Å². The van der Waals surface area contributed by atoms with Crippen LogP contribution < -0.4 is 21.7 Å². The van der Waals surface area contributed by atoms with Crippen molar-refractivity contribution in [3.8, 4) is 0 Å². The molecular weight excluding hydrogens is 340 g/mol. The van der Waals surface area contributed by atoms with Crippen LogP contribution in [-0.2, 0) is 0 Å². The van der Waals surface area contributed by atoms with Crippen LogP contribution in [-0.4, -0.2) is 18.5 Å². The summed E-state index contributed by atoms with van der Waals surface area (Å²) in [4.78, 5) is 24.1. The van der Waals surface area contributed by atoms with Crippen molar-refractivity contribution >= 4 is 29.0 Å². The van der Waals surface area contributed by atoms with Crippen molar-refractivity contribution in [3.63, 3.8) is 0 Å². The minimum absolute atomic E-state index is 0.340. The highest BCUT2D eigenvalue weighted by Gasteiger charge is 2.13. The van der Waals surface area contributed by atoms with E-state index in [-0.39, 0.29) is 6.03 Å². The molecule has 2 aromatic carbocycles. The first-order chi connectivity index (χ1) is 13.0. The van der Waals surface area contributed by atoms with Gasteiger partial charge in [0.1, 0.15) is 0 Å². The standard InChI is InChI=1S/C21H28N4O2/c1-4-12-23-18-11-10-15(13-17(18)20(22)26)24-21(27)25-19-9-7-6-8-16(19)14(3)5-2/h6-11,13-14,23H,4-5,12H2,1-3H3,(H2,22,26)(H2,24,25,27). The van der Waals surface area contributed by atoms with E-state index in [0.717, 1.165) is 30.6 Å². The van der Waals surface area contributed by atoms with Crippen molar-refractivity contribution in [2.45, 2.75) is 39.5 Å². The molecule has 1 atom stereocenters. The number of para-hydroxylation sites is 1. The number of rotatable bonds is 8. The molecule has 0 fully saturated rings. The van der Waals surface area contributed by atoms with E-state index in [2.05, 4.69) is 29.8 Å². The van der Waals surface area contributed by atoms with E-state index in [9.17, 15) is 9.59 Å². The number of nitrogens with two attached hydrogens (primary N) is 1. The number of carbonyl (C=O) groups is 2. The summed E-state index contributed by atoms with van der Waals surface area (Å²) in [6.07, 6.45) is 1.91. The molecule has 0 radical (unpaired) electrons. The first-order valence-corrected chi connectivity index (χ1v) is 9.30. The van der Waals surface area contributed by atoms with E-state index in [0.29, 0.717) is 22.9 Å². The Bertz CT molecular complexity index is 805. The average molecular weight is 368 g/mol. The zero-order chi connectivity index (χ0) is 19.8. The highest BCUT2D eigenvalue weighted by atomic mass is 16.2. The monoisotopic (exact) mass is 368 g/mol. The molecule has 0 aliphatic carbocycles. The molecule has 6 nitrogen and oxygen atoms in total. The number of hydrogen-bond acceptors (Lipinski definition) is 3. The topological polar surface area (TPSA) is 96.2 Å². The molecule has 27 heavy (non-hydrogen) atoms. The van der Waals surface area contributed by atoms with Gasteiger partial charge in [0.2, 0.25) is 0 Å². The fourth-order valence-electron chi connectivity index (χ4n) is 2.78. The molecule has 3 amide bonds. The van der Waals surface area contributed by atoms with Gasteiger partial charge in [-0.15, -0.1) is 0 Å². The zero-order valence-electron chi connectivity index (χ0n) is 16.1. The summed E-state index contributed by atoms with van der Waals surface area (Å²) in [5, 5.41) is 8.82. The van der Waals surface area contributed by atoms with Crippen molar-refractivity contribution in [1.29, 1.82) is 0 Å². The van der Waals surface area contributed by atoms with Gasteiger partial charge in [0.25, 0.3) is 5.91 Å². The van der Waals surface area contributed by atoms with Crippen LogP contribution in [0.25, 0.3) is 0 Å². The van der Waals surface area contributed by atoms with Crippen molar-refractivity contribution < 1.29 is 9.59 Å². The lowest BCUT2D eigenvalue weighted by Gasteiger charge is -2.16. The Morgan fingerprint density at radius 2 is 1.78 bits per heavy atom. The quantitative estimate of drug-likeness (QED) is 0.540. The van der Waals surface area contributed by atoms with E-state index in [1.54, 1.807) is 18.2 Å². The Kier molecular flexibility index (Phi) is 7.23. The van der Waals surface area contributed by atoms with Gasteiger partial charge >= 0.3 is 6.03 Å². The van der Waals surface area contributed by atoms with Crippen LogP contribution in [0.2, 0.25) is 0 Å². The molecule has 5 N–H and O–H groups in total. The van der Waals surface area contributed by atoms with E-state index in [1.165, 1.54) is 0 Å². The zero-order valence-corrected chi connectivity index (χ0v) is 16.1. The summed E-state index contributed by atoms with van der Waals surface area (Å²) in [5.74, 6) is -0.202. The third-order valence-corrected chi connectivity index (χ3v) is 4.46. The highest BCUT2D eigenvalue weighted by Crippen LogP contribution is 2.27. The SMILES string of the molecule is CCCNc1ccc(NC(=O)Nc2ccccc2C(C)CC)cc1C(N)=O. The number of anilines is 3. The van der Waals surface area contributed by atoms with Crippen LogP contribution in [0.1, 0.15) is 55.5 Å². The highest BCUT2D eigenvalue weighted by molar-refractivity contribution is 6.03. The van der Waals surface area contributed by atoms with Crippen LogP contribution in [0.15, 0.2) is 42.5 Å². The third kappa shape index (κ3) is 5.48. The van der Waals surface area contributed by atoms with Crippen LogP contribution in [0.4, 0.5) is 21.9 Å². The van der Waals surface area contributed by atoms with Gasteiger partial charge in [-0.05, 0) is 48.6 Å². The minimum Gasteiger partial charge on any atom is -0.384 e. The van der Waals surface area contributed by atoms with Crippen molar-refractivity contribution in [2.75, 3.05) is 22.5 Å². The van der Waals surface area contributed by atoms with Gasteiger partial charge in [0.15, 0.2) is 0 Å². The molecule has 0 aliphatic rings. The summed E-state index contributed by atoms with van der Waals surface area (Å²) in [5.41, 5.74) is 8.86. The van der Waals surface area contributed by atoms with Gasteiger partial charge in [0, 0.05) is 23.6 Å². The van der Waals surface area contributed by atoms with E-state index < -0.39 is 5.91 Å². The largest absolute Gasteiger partial charge is 0.384 e. The summed E-state index contributed by atoms with van der Waals surface area (Å²) in [6, 6.07) is 12.5. The Balaban J connectivity index is 2.14. The Morgan fingerprint density at radius 1 is 1.04 bits per heavy atom. The molecule has 0 spiro atoms. The molecule has 2 rings (SSSR count). The first-order valence-electron chi connectivity index (χ1n) is 9.30. The van der Waals surface area contributed by atoms with Crippen LogP contribution in [0.5, 0.6) is 0 Å².